The lowest BCUT2D eigenvalue weighted by Gasteiger charge is -2.29. The molecule has 0 aromatic heterocycles. The van der Waals surface area contributed by atoms with Crippen molar-refractivity contribution in [3.05, 3.63) is 29.3 Å². The predicted molar refractivity (Wildman–Crippen MR) is 82.7 cm³/mol. The first-order chi connectivity index (χ1) is 9.58. The number of aliphatic hydroxyl groups is 2. The molecule has 0 saturated carbocycles. The van der Waals surface area contributed by atoms with Gasteiger partial charge in [-0.1, -0.05) is 44.5 Å². The third-order valence-corrected chi connectivity index (χ3v) is 5.20. The summed E-state index contributed by atoms with van der Waals surface area (Å²) in [6, 6.07) is 5.29. The average molecular weight is 336 g/mol. The van der Waals surface area contributed by atoms with Crippen molar-refractivity contribution in [2.24, 2.45) is 5.41 Å². The van der Waals surface area contributed by atoms with Gasteiger partial charge in [-0.25, -0.2) is 13.1 Å². The Morgan fingerprint density at radius 2 is 1.86 bits per heavy atom. The average Bonchev–Trinajstić information content (AvgIpc) is 2.36. The Hall–Kier alpha value is -0.660. The van der Waals surface area contributed by atoms with Crippen molar-refractivity contribution in [2.45, 2.75) is 44.2 Å². The Bertz CT molecular complexity index is 569. The summed E-state index contributed by atoms with van der Waals surface area (Å²) < 4.78 is 26.9. The van der Waals surface area contributed by atoms with Crippen LogP contribution in [0.5, 0.6) is 0 Å². The van der Waals surface area contributed by atoms with Gasteiger partial charge in [-0.05, 0) is 24.0 Å². The molecule has 5 nitrogen and oxygen atoms in total. The molecule has 0 aliphatic rings. The van der Waals surface area contributed by atoms with E-state index in [1.54, 1.807) is 12.1 Å². The van der Waals surface area contributed by atoms with Gasteiger partial charge in [0.2, 0.25) is 10.0 Å². The molecule has 3 N–H and O–H groups in total. The molecule has 0 heterocycles. The Balaban J connectivity index is 2.89. The fourth-order valence-corrected chi connectivity index (χ4v) is 3.49. The Morgan fingerprint density at radius 3 is 2.33 bits per heavy atom. The van der Waals surface area contributed by atoms with Crippen LogP contribution in [0.4, 0.5) is 0 Å². The lowest BCUT2D eigenvalue weighted by Crippen LogP contribution is -2.42. The predicted octanol–water partition coefficient (Wildman–Crippen LogP) is 1.78. The van der Waals surface area contributed by atoms with E-state index in [2.05, 4.69) is 4.72 Å². The van der Waals surface area contributed by atoms with E-state index in [0.717, 1.165) is 0 Å². The third-order valence-electron chi connectivity index (χ3n) is 3.18. The first-order valence-electron chi connectivity index (χ1n) is 6.63. The summed E-state index contributed by atoms with van der Waals surface area (Å²) in [5, 5.41) is 19.5. The molecule has 2 atom stereocenters. The van der Waals surface area contributed by atoms with Crippen molar-refractivity contribution < 1.29 is 18.6 Å². The van der Waals surface area contributed by atoms with E-state index in [1.165, 1.54) is 12.1 Å². The molecule has 1 aromatic rings. The number of benzene rings is 1. The van der Waals surface area contributed by atoms with Gasteiger partial charge in [0.15, 0.2) is 0 Å². The SMILES string of the molecule is CC(C)(C)C(O)CC(CO)NS(=O)(=O)c1ccccc1Cl. The quantitative estimate of drug-likeness (QED) is 0.739. The van der Waals surface area contributed by atoms with E-state index in [1.807, 2.05) is 20.8 Å². The van der Waals surface area contributed by atoms with Crippen LogP contribution in [-0.4, -0.2) is 37.4 Å². The maximum Gasteiger partial charge on any atom is 0.242 e. The Kier molecular flexibility index (Phi) is 6.19. The minimum atomic E-state index is -3.85. The fraction of sp³-hybridized carbons (Fsp3) is 0.571. The van der Waals surface area contributed by atoms with Crippen LogP contribution in [0.15, 0.2) is 29.2 Å². The maximum atomic E-state index is 12.3. The second-order valence-corrected chi connectivity index (χ2v) is 8.14. The van der Waals surface area contributed by atoms with Crippen LogP contribution >= 0.6 is 11.6 Å². The largest absolute Gasteiger partial charge is 0.395 e. The summed E-state index contributed by atoms with van der Waals surface area (Å²) in [7, 11) is -3.85. The van der Waals surface area contributed by atoms with Gasteiger partial charge in [-0.15, -0.1) is 0 Å². The number of aliphatic hydroxyl groups excluding tert-OH is 2. The second kappa shape index (κ2) is 7.07. The monoisotopic (exact) mass is 335 g/mol. The molecule has 0 amide bonds. The number of hydrogen-bond acceptors (Lipinski definition) is 4. The molecule has 0 spiro atoms. The van der Waals surface area contributed by atoms with E-state index in [9.17, 15) is 18.6 Å². The molecule has 0 fully saturated rings. The first-order valence-corrected chi connectivity index (χ1v) is 8.50. The van der Waals surface area contributed by atoms with Gasteiger partial charge in [0.25, 0.3) is 0 Å². The minimum Gasteiger partial charge on any atom is -0.395 e. The van der Waals surface area contributed by atoms with E-state index >= 15 is 0 Å². The molecule has 0 bridgehead atoms. The number of rotatable bonds is 6. The lowest BCUT2D eigenvalue weighted by molar-refractivity contribution is 0.0420. The van der Waals surface area contributed by atoms with Crippen LogP contribution in [-0.2, 0) is 10.0 Å². The van der Waals surface area contributed by atoms with Crippen LogP contribution in [0.2, 0.25) is 5.02 Å². The van der Waals surface area contributed by atoms with Gasteiger partial charge in [-0.2, -0.15) is 0 Å². The normalized spacial score (nSPS) is 15.7. The van der Waals surface area contributed by atoms with Crippen LogP contribution < -0.4 is 4.72 Å². The summed E-state index contributed by atoms with van der Waals surface area (Å²) in [6.45, 7) is 5.12. The Labute approximate surface area is 131 Å². The first kappa shape index (κ1) is 18.4. The zero-order valence-corrected chi connectivity index (χ0v) is 13.9. The van der Waals surface area contributed by atoms with Gasteiger partial charge < -0.3 is 10.2 Å². The molecule has 7 heteroatoms. The van der Waals surface area contributed by atoms with Crippen molar-refractivity contribution in [1.29, 1.82) is 0 Å². The molecule has 2 unspecified atom stereocenters. The summed E-state index contributed by atoms with van der Waals surface area (Å²) >= 11 is 5.88. The van der Waals surface area contributed by atoms with Crippen LogP contribution in [0.1, 0.15) is 27.2 Å². The highest BCUT2D eigenvalue weighted by Gasteiger charge is 2.28. The Morgan fingerprint density at radius 1 is 1.29 bits per heavy atom. The number of nitrogens with one attached hydrogen (secondary N) is 1. The molecular formula is C14H22ClNO4S. The van der Waals surface area contributed by atoms with Gasteiger partial charge >= 0.3 is 0 Å². The summed E-state index contributed by atoms with van der Waals surface area (Å²) in [5.41, 5.74) is -0.400. The van der Waals surface area contributed by atoms with E-state index in [0.29, 0.717) is 0 Å². The van der Waals surface area contributed by atoms with E-state index < -0.39 is 34.2 Å². The highest BCUT2D eigenvalue weighted by Crippen LogP contribution is 2.24. The summed E-state index contributed by atoms with van der Waals surface area (Å²) in [6.07, 6.45) is -0.632. The molecule has 1 aromatic carbocycles. The smallest absolute Gasteiger partial charge is 0.242 e. The molecule has 0 saturated heterocycles. The maximum absolute atomic E-state index is 12.3. The lowest BCUT2D eigenvalue weighted by atomic mass is 9.86. The van der Waals surface area contributed by atoms with Gasteiger partial charge in [0.05, 0.1) is 17.7 Å². The minimum absolute atomic E-state index is 0.0460. The van der Waals surface area contributed by atoms with Crippen LogP contribution in [0, 0.1) is 5.41 Å². The number of hydrogen-bond donors (Lipinski definition) is 3. The number of sulfonamides is 1. The summed E-state index contributed by atoms with van der Waals surface area (Å²) in [4.78, 5) is -0.0460. The van der Waals surface area contributed by atoms with Crippen molar-refractivity contribution in [3.63, 3.8) is 0 Å². The third kappa shape index (κ3) is 5.23. The van der Waals surface area contributed by atoms with E-state index in [4.69, 9.17) is 11.6 Å². The van der Waals surface area contributed by atoms with Gasteiger partial charge in [0.1, 0.15) is 4.90 Å². The zero-order valence-electron chi connectivity index (χ0n) is 12.4. The topological polar surface area (TPSA) is 86.6 Å². The van der Waals surface area contributed by atoms with Crippen molar-refractivity contribution >= 4 is 21.6 Å². The molecule has 120 valence electrons. The number of halogens is 1. The molecule has 0 radical (unpaired) electrons. The van der Waals surface area contributed by atoms with Gasteiger partial charge in [-0.3, -0.25) is 0 Å². The fourth-order valence-electron chi connectivity index (χ4n) is 1.73. The molecular weight excluding hydrogens is 314 g/mol. The molecule has 0 aliphatic carbocycles. The zero-order chi connectivity index (χ0) is 16.3. The van der Waals surface area contributed by atoms with Crippen molar-refractivity contribution in [2.75, 3.05) is 6.61 Å². The molecule has 21 heavy (non-hydrogen) atoms. The highest BCUT2D eigenvalue weighted by molar-refractivity contribution is 7.89. The molecule has 1 rings (SSSR count). The van der Waals surface area contributed by atoms with Crippen LogP contribution in [0.3, 0.4) is 0 Å². The highest BCUT2D eigenvalue weighted by atomic mass is 35.5. The standard InChI is InChI=1S/C14H22ClNO4S/c1-14(2,3)13(18)8-10(9-17)16-21(19,20)12-7-5-4-6-11(12)15/h4-7,10,13,16-18H,8-9H2,1-3H3. The van der Waals surface area contributed by atoms with Crippen molar-refractivity contribution in [1.82, 2.24) is 4.72 Å². The van der Waals surface area contributed by atoms with Crippen LogP contribution in [0.25, 0.3) is 0 Å². The van der Waals surface area contributed by atoms with E-state index in [-0.39, 0.29) is 16.3 Å². The molecule has 0 aliphatic heterocycles. The van der Waals surface area contributed by atoms with Crippen molar-refractivity contribution in [3.8, 4) is 0 Å². The van der Waals surface area contributed by atoms with Gasteiger partial charge in [0, 0.05) is 6.04 Å². The second-order valence-electron chi connectivity index (χ2n) is 6.05. The summed E-state index contributed by atoms with van der Waals surface area (Å²) in [5.74, 6) is 0.